The zero-order valence-corrected chi connectivity index (χ0v) is 31.4. The molecule has 3 fully saturated rings. The summed E-state index contributed by atoms with van der Waals surface area (Å²) in [4.78, 5) is 36.3. The van der Waals surface area contributed by atoms with Crippen molar-refractivity contribution in [3.8, 4) is 11.6 Å². The van der Waals surface area contributed by atoms with Crippen LogP contribution in [-0.4, -0.2) is 46.3 Å². The van der Waals surface area contributed by atoms with Crippen LogP contribution in [0.2, 0.25) is 10.0 Å². The quantitative estimate of drug-likeness (QED) is 0.139. The molecule has 2 N–H and O–H groups in total. The lowest BCUT2D eigenvalue weighted by atomic mass is 10.2. The van der Waals surface area contributed by atoms with Crippen LogP contribution in [0.4, 0.5) is 37.7 Å². The van der Waals surface area contributed by atoms with Crippen LogP contribution in [0.1, 0.15) is 99.8 Å². The van der Waals surface area contributed by atoms with Gasteiger partial charge in [0.2, 0.25) is 0 Å². The number of aromatic nitrogens is 7. The molecular formula is C39H29Cl2F6N9O2. The topological polar surface area (TPSA) is 133 Å². The maximum atomic E-state index is 15.0. The van der Waals surface area contributed by atoms with Crippen LogP contribution in [0.5, 0.6) is 0 Å². The smallest absolute Gasteiger partial charge is 0.322 e. The minimum absolute atomic E-state index is 0.0116. The molecule has 0 spiro atoms. The van der Waals surface area contributed by atoms with Crippen LogP contribution in [0.25, 0.3) is 11.6 Å². The lowest BCUT2D eigenvalue weighted by Crippen LogP contribution is -2.16. The molecule has 11 nitrogen and oxygen atoms in total. The molecule has 3 aliphatic rings. The maximum Gasteiger partial charge on any atom is 0.435 e. The molecular weight excluding hydrogens is 811 g/mol. The highest BCUT2D eigenvalue weighted by Gasteiger charge is 2.39. The predicted molar refractivity (Wildman–Crippen MR) is 200 cm³/mol. The number of alkyl halides is 3. The van der Waals surface area contributed by atoms with Crippen molar-refractivity contribution in [3.63, 3.8) is 0 Å². The minimum atomic E-state index is -4.60. The number of nitrogens with one attached hydrogen (secondary N) is 2. The second-order valence-corrected chi connectivity index (χ2v) is 14.8. The van der Waals surface area contributed by atoms with Gasteiger partial charge in [0, 0.05) is 41.5 Å². The number of amides is 2. The fourth-order valence-electron chi connectivity index (χ4n) is 6.20. The lowest BCUT2D eigenvalue weighted by Gasteiger charge is -2.11. The Morgan fingerprint density at radius 3 is 1.79 bits per heavy atom. The summed E-state index contributed by atoms with van der Waals surface area (Å²) in [6.45, 7) is 0. The molecule has 0 aliphatic heterocycles. The van der Waals surface area contributed by atoms with E-state index in [0.29, 0.717) is 28.9 Å². The molecule has 3 saturated carbocycles. The van der Waals surface area contributed by atoms with Crippen LogP contribution in [0.15, 0.2) is 73.3 Å². The van der Waals surface area contributed by atoms with E-state index in [1.54, 1.807) is 16.8 Å². The molecule has 6 aromatic rings. The molecule has 9 rings (SSSR count). The number of carbonyl (C=O) groups is 2. The van der Waals surface area contributed by atoms with Gasteiger partial charge >= 0.3 is 6.18 Å². The Morgan fingerprint density at radius 2 is 1.22 bits per heavy atom. The van der Waals surface area contributed by atoms with Crippen LogP contribution >= 0.6 is 23.2 Å². The van der Waals surface area contributed by atoms with Gasteiger partial charge in [-0.1, -0.05) is 29.3 Å². The summed E-state index contributed by atoms with van der Waals surface area (Å²) in [5.41, 5.74) is 1.46. The van der Waals surface area contributed by atoms with Crippen molar-refractivity contribution in [1.82, 2.24) is 34.5 Å². The van der Waals surface area contributed by atoms with Crippen molar-refractivity contribution in [1.29, 1.82) is 0 Å². The Balaban J connectivity index is 0.000000162. The SMILES string of the molecule is O=C(Nc1ccc(-n2nc(C3CC3)cc2C2CC2)c(F)c1)c1c(Cl)cncc1Cl.O=C(Nc1cnc(-n2nc(C(F)(F)F)cc2C2CC2)nc1)c1c(F)cccc1F. The molecule has 298 valence electrons. The number of carbonyl (C=O) groups excluding carboxylic acids is 2. The van der Waals surface area contributed by atoms with Crippen molar-refractivity contribution in [2.45, 2.75) is 62.5 Å². The van der Waals surface area contributed by atoms with Crippen LogP contribution in [0.3, 0.4) is 0 Å². The first-order chi connectivity index (χ1) is 27.7. The van der Waals surface area contributed by atoms with Crippen molar-refractivity contribution in [3.05, 3.63) is 135 Å². The Labute approximate surface area is 335 Å². The van der Waals surface area contributed by atoms with Gasteiger partial charge in [0.05, 0.1) is 45.1 Å². The Hall–Kier alpha value is -5.81. The van der Waals surface area contributed by atoms with Gasteiger partial charge in [-0.2, -0.15) is 23.4 Å². The van der Waals surface area contributed by atoms with Crippen molar-refractivity contribution >= 4 is 46.4 Å². The fraction of sp³-hybridized carbons (Fsp3) is 0.256. The standard InChI is InChI=1S/C21H17Cl2FN4O.C18H12F5N5O/c22-14-9-25-10-15(23)20(14)21(29)26-13-5-6-18(16(24)7-13)28-19(12-3-4-12)8-17(27-28)11-1-2-11;19-11-2-1-3-12(20)15(11)16(29)26-10-7-24-17(25-8-10)28-13(9-4-5-9)6-14(27-28)18(21,22)23/h5-12H,1-4H2,(H,26,29);1-3,6-9H,4-5H2,(H,26,29). The predicted octanol–water partition coefficient (Wildman–Crippen LogP) is 9.81. The first-order valence-electron chi connectivity index (χ1n) is 18.0. The van der Waals surface area contributed by atoms with Gasteiger partial charge in [0.15, 0.2) is 11.5 Å². The van der Waals surface area contributed by atoms with Crippen molar-refractivity contribution in [2.75, 3.05) is 10.6 Å². The summed E-state index contributed by atoms with van der Waals surface area (Å²) in [6, 6.07) is 10.7. The third-order valence-electron chi connectivity index (χ3n) is 9.56. The van der Waals surface area contributed by atoms with Gasteiger partial charge in [0.1, 0.15) is 22.9 Å². The molecule has 0 bridgehead atoms. The number of hydrogen-bond acceptors (Lipinski definition) is 7. The monoisotopic (exact) mass is 839 g/mol. The third-order valence-corrected chi connectivity index (χ3v) is 10.1. The van der Waals surface area contributed by atoms with Gasteiger partial charge in [-0.3, -0.25) is 14.6 Å². The highest BCUT2D eigenvalue weighted by atomic mass is 35.5. The number of hydrogen-bond donors (Lipinski definition) is 2. The Kier molecular flexibility index (Phi) is 10.4. The van der Waals surface area contributed by atoms with Gasteiger partial charge < -0.3 is 10.6 Å². The van der Waals surface area contributed by atoms with E-state index in [1.165, 1.54) is 18.5 Å². The lowest BCUT2D eigenvalue weighted by molar-refractivity contribution is -0.141. The molecule has 2 amide bonds. The fourth-order valence-corrected chi connectivity index (χ4v) is 6.74. The zero-order chi connectivity index (χ0) is 40.9. The highest BCUT2D eigenvalue weighted by molar-refractivity contribution is 6.40. The largest absolute Gasteiger partial charge is 0.435 e. The number of nitrogens with zero attached hydrogens (tertiary/aromatic N) is 7. The van der Waals surface area contributed by atoms with E-state index >= 15 is 0 Å². The summed E-state index contributed by atoms with van der Waals surface area (Å²) in [5.74, 6) is -3.31. The van der Waals surface area contributed by atoms with Gasteiger partial charge in [-0.25, -0.2) is 32.5 Å². The second kappa shape index (κ2) is 15.5. The zero-order valence-electron chi connectivity index (χ0n) is 29.9. The molecule has 58 heavy (non-hydrogen) atoms. The number of pyridine rings is 1. The van der Waals surface area contributed by atoms with Gasteiger partial charge in [-0.05, 0) is 81.0 Å². The Morgan fingerprint density at radius 1 is 0.655 bits per heavy atom. The second-order valence-electron chi connectivity index (χ2n) is 14.0. The van der Waals surface area contributed by atoms with E-state index in [-0.39, 0.29) is 33.2 Å². The maximum absolute atomic E-state index is 15.0. The molecule has 4 aromatic heterocycles. The van der Waals surface area contributed by atoms with Crippen LogP contribution < -0.4 is 10.6 Å². The van der Waals surface area contributed by atoms with Gasteiger partial charge in [-0.15, -0.1) is 0 Å². The molecule has 0 atom stereocenters. The molecule has 3 aliphatic carbocycles. The van der Waals surface area contributed by atoms with Gasteiger partial charge in [0.25, 0.3) is 17.8 Å². The molecule has 4 heterocycles. The van der Waals surface area contributed by atoms with Crippen LogP contribution in [-0.2, 0) is 6.18 Å². The van der Waals surface area contributed by atoms with E-state index < -0.39 is 46.7 Å². The number of halogens is 8. The van der Waals surface area contributed by atoms with Crippen LogP contribution in [0, 0.1) is 17.5 Å². The average Bonchev–Trinajstić information content (AvgIpc) is 4.09. The molecule has 2 aromatic carbocycles. The number of rotatable bonds is 9. The highest BCUT2D eigenvalue weighted by Crippen LogP contribution is 2.46. The Bertz CT molecular complexity index is 2500. The van der Waals surface area contributed by atoms with E-state index in [2.05, 4.69) is 41.8 Å². The minimum Gasteiger partial charge on any atom is -0.322 e. The van der Waals surface area contributed by atoms with E-state index in [9.17, 15) is 35.9 Å². The van der Waals surface area contributed by atoms with Crippen molar-refractivity contribution in [2.24, 2.45) is 0 Å². The number of anilines is 2. The molecule has 0 radical (unpaired) electrons. The molecule has 0 saturated heterocycles. The van der Waals surface area contributed by atoms with E-state index in [4.69, 9.17) is 23.2 Å². The van der Waals surface area contributed by atoms with E-state index in [1.807, 2.05) is 0 Å². The first kappa shape index (κ1) is 39.0. The molecule has 19 heteroatoms. The number of benzene rings is 2. The summed E-state index contributed by atoms with van der Waals surface area (Å²) in [6.07, 6.45) is 6.29. The summed E-state index contributed by atoms with van der Waals surface area (Å²) in [7, 11) is 0. The molecule has 0 unspecified atom stereocenters. The van der Waals surface area contributed by atoms with E-state index in [0.717, 1.165) is 91.3 Å². The summed E-state index contributed by atoms with van der Waals surface area (Å²) in [5, 5.41) is 13.4. The third kappa shape index (κ3) is 8.41. The average molecular weight is 841 g/mol. The summed E-state index contributed by atoms with van der Waals surface area (Å²) < 4.78 is 84.0. The normalized spacial score (nSPS) is 15.1. The summed E-state index contributed by atoms with van der Waals surface area (Å²) >= 11 is 12.0. The van der Waals surface area contributed by atoms with Crippen molar-refractivity contribution < 1.29 is 35.9 Å². The first-order valence-corrected chi connectivity index (χ1v) is 18.8.